The molecule has 0 N–H and O–H groups in total. The van der Waals surface area contributed by atoms with Gasteiger partial charge in [0.05, 0.1) is 11.5 Å². The van der Waals surface area contributed by atoms with Gasteiger partial charge in [-0.1, -0.05) is 60.0 Å². The van der Waals surface area contributed by atoms with E-state index in [1.165, 1.54) is 32.1 Å². The van der Waals surface area contributed by atoms with Crippen molar-refractivity contribution in [2.45, 2.75) is 79.6 Å². The van der Waals surface area contributed by atoms with Crippen LogP contribution in [-0.2, 0) is 0 Å². The lowest BCUT2D eigenvalue weighted by molar-refractivity contribution is -0.0994. The molecule has 124 valence electrons. The lowest BCUT2D eigenvalue weighted by Crippen LogP contribution is -2.53. The first-order valence-electron chi connectivity index (χ1n) is 9.41. The Hall–Kier alpha value is -0.770. The highest BCUT2D eigenvalue weighted by Crippen LogP contribution is 2.67. The Bertz CT molecular complexity index is 455. The van der Waals surface area contributed by atoms with Crippen LogP contribution in [0.2, 0.25) is 0 Å². The number of fused-ring (bicyclic) bond motifs is 1. The van der Waals surface area contributed by atoms with Gasteiger partial charge in [0.25, 0.3) is 0 Å². The molecule has 5 atom stereocenters. The molecule has 2 rings (SSSR count). The summed E-state index contributed by atoms with van der Waals surface area (Å²) in [5.41, 5.74) is 0.660. The zero-order valence-corrected chi connectivity index (χ0v) is 15.4. The van der Waals surface area contributed by atoms with E-state index in [0.29, 0.717) is 28.6 Å². The molecule has 2 saturated carbocycles. The highest BCUT2D eigenvalue weighted by Gasteiger charge is 2.61. The summed E-state index contributed by atoms with van der Waals surface area (Å²) in [7, 11) is 0. The van der Waals surface area contributed by atoms with Gasteiger partial charge in [-0.3, -0.25) is 0 Å². The van der Waals surface area contributed by atoms with Crippen LogP contribution >= 0.6 is 0 Å². The van der Waals surface area contributed by atoms with E-state index in [0.717, 1.165) is 12.8 Å². The third-order valence-electron chi connectivity index (χ3n) is 8.27. The Morgan fingerprint density at radius 2 is 1.86 bits per heavy atom. The van der Waals surface area contributed by atoms with Crippen molar-refractivity contribution in [2.24, 2.45) is 34.0 Å². The normalized spacial score (nSPS) is 41.7. The Balaban J connectivity index is 2.51. The van der Waals surface area contributed by atoms with Crippen LogP contribution in [0.3, 0.4) is 0 Å². The molecule has 2 fully saturated rings. The molecule has 1 heteroatoms. The van der Waals surface area contributed by atoms with Gasteiger partial charge in [0.2, 0.25) is 0 Å². The minimum Gasteiger partial charge on any atom is -0.198 e. The summed E-state index contributed by atoms with van der Waals surface area (Å²) in [6, 6.07) is 2.79. The topological polar surface area (TPSA) is 23.8 Å². The highest BCUT2D eigenvalue weighted by atomic mass is 14.7. The van der Waals surface area contributed by atoms with E-state index >= 15 is 0 Å². The molecular weight excluding hydrogens is 266 g/mol. The third-order valence-corrected chi connectivity index (χ3v) is 8.27. The average Bonchev–Trinajstić information content (AvgIpc) is 2.93. The van der Waals surface area contributed by atoms with Crippen molar-refractivity contribution in [3.8, 4) is 6.07 Å². The van der Waals surface area contributed by atoms with Gasteiger partial charge in [0.1, 0.15) is 0 Å². The zero-order valence-electron chi connectivity index (χ0n) is 15.4. The van der Waals surface area contributed by atoms with Crippen molar-refractivity contribution in [3.63, 3.8) is 0 Å². The Morgan fingerprint density at radius 1 is 1.23 bits per heavy atom. The summed E-state index contributed by atoms with van der Waals surface area (Å²) in [5, 5.41) is 9.98. The first-order valence-corrected chi connectivity index (χ1v) is 9.41. The largest absolute Gasteiger partial charge is 0.198 e. The van der Waals surface area contributed by atoms with Crippen LogP contribution in [0.25, 0.3) is 0 Å². The van der Waals surface area contributed by atoms with E-state index in [-0.39, 0.29) is 5.41 Å². The maximum absolute atomic E-state index is 9.98. The van der Waals surface area contributed by atoms with E-state index in [1.807, 2.05) is 0 Å². The molecule has 0 amide bonds. The molecule has 22 heavy (non-hydrogen) atoms. The van der Waals surface area contributed by atoms with Gasteiger partial charge in [-0.2, -0.15) is 5.26 Å². The molecule has 0 aromatic rings. The van der Waals surface area contributed by atoms with Gasteiger partial charge >= 0.3 is 0 Å². The molecule has 0 saturated heterocycles. The van der Waals surface area contributed by atoms with E-state index < -0.39 is 0 Å². The van der Waals surface area contributed by atoms with Crippen LogP contribution in [0.15, 0.2) is 12.7 Å². The van der Waals surface area contributed by atoms with Crippen LogP contribution < -0.4 is 0 Å². The monoisotopic (exact) mass is 301 g/mol. The van der Waals surface area contributed by atoms with Crippen LogP contribution in [0.5, 0.6) is 0 Å². The molecule has 0 aromatic heterocycles. The molecule has 0 radical (unpaired) electrons. The smallest absolute Gasteiger partial charge is 0.0693 e. The van der Waals surface area contributed by atoms with Crippen LogP contribution in [-0.4, -0.2) is 0 Å². The Labute approximate surface area is 138 Å². The Kier molecular flexibility index (Phi) is 4.82. The predicted octanol–water partition coefficient (Wildman–Crippen LogP) is 6.36. The first kappa shape index (κ1) is 17.6. The van der Waals surface area contributed by atoms with Crippen molar-refractivity contribution in [1.29, 1.82) is 5.26 Å². The predicted molar refractivity (Wildman–Crippen MR) is 94.3 cm³/mol. The molecule has 0 bridgehead atoms. The van der Waals surface area contributed by atoms with E-state index in [9.17, 15) is 5.26 Å². The van der Waals surface area contributed by atoms with Gasteiger partial charge in [-0.15, -0.1) is 6.58 Å². The molecule has 5 unspecified atom stereocenters. The summed E-state index contributed by atoms with van der Waals surface area (Å²) in [4.78, 5) is 0. The van der Waals surface area contributed by atoms with E-state index in [1.54, 1.807) is 0 Å². The van der Waals surface area contributed by atoms with E-state index in [2.05, 4.69) is 53.3 Å². The minimum atomic E-state index is -0.0680. The molecule has 0 heterocycles. The standard InChI is InChI=1S/C21H35N/c1-7-16-11-12-21(15-22)14-13-20(6,17(8-2)18(16)21)19(5,9-3)10-4/h7,16-18H,1,8-14H2,2-6H3. The van der Waals surface area contributed by atoms with Crippen molar-refractivity contribution < 1.29 is 0 Å². The summed E-state index contributed by atoms with van der Waals surface area (Å²) < 4.78 is 0. The molecule has 2 aliphatic rings. The summed E-state index contributed by atoms with van der Waals surface area (Å²) >= 11 is 0. The summed E-state index contributed by atoms with van der Waals surface area (Å²) in [6.45, 7) is 16.2. The Morgan fingerprint density at radius 3 is 2.32 bits per heavy atom. The maximum atomic E-state index is 9.98. The van der Waals surface area contributed by atoms with Crippen LogP contribution in [0, 0.1) is 45.3 Å². The minimum absolute atomic E-state index is 0.0680. The van der Waals surface area contributed by atoms with Crippen LogP contribution in [0.4, 0.5) is 0 Å². The fraction of sp³-hybridized carbons (Fsp3) is 0.857. The molecule has 1 nitrogen and oxygen atoms in total. The molecular formula is C21H35N. The lowest BCUT2D eigenvalue weighted by atomic mass is 9.44. The average molecular weight is 302 g/mol. The van der Waals surface area contributed by atoms with Crippen molar-refractivity contribution >= 4 is 0 Å². The summed E-state index contributed by atoms with van der Waals surface area (Å²) in [6.07, 6.45) is 10.4. The molecule has 0 spiro atoms. The van der Waals surface area contributed by atoms with Crippen molar-refractivity contribution in [1.82, 2.24) is 0 Å². The van der Waals surface area contributed by atoms with Gasteiger partial charge in [0, 0.05) is 0 Å². The highest BCUT2D eigenvalue weighted by molar-refractivity contribution is 5.19. The summed E-state index contributed by atoms with van der Waals surface area (Å²) in [5.74, 6) is 1.72. The number of nitrogens with zero attached hydrogens (tertiary/aromatic N) is 1. The second-order valence-corrected chi connectivity index (χ2v) is 8.43. The van der Waals surface area contributed by atoms with Gasteiger partial charge in [-0.05, 0) is 54.3 Å². The van der Waals surface area contributed by atoms with Gasteiger partial charge in [0.15, 0.2) is 0 Å². The van der Waals surface area contributed by atoms with E-state index in [4.69, 9.17) is 0 Å². The van der Waals surface area contributed by atoms with Crippen LogP contribution in [0.1, 0.15) is 79.6 Å². The second kappa shape index (κ2) is 6.03. The number of hydrogen-bond donors (Lipinski definition) is 0. The van der Waals surface area contributed by atoms with Crippen molar-refractivity contribution in [2.75, 3.05) is 0 Å². The quantitative estimate of drug-likeness (QED) is 0.542. The van der Waals surface area contributed by atoms with Crippen molar-refractivity contribution in [3.05, 3.63) is 12.7 Å². The zero-order chi connectivity index (χ0) is 16.6. The third kappa shape index (κ3) is 2.17. The first-order chi connectivity index (χ1) is 10.4. The SMILES string of the molecule is C=CC1CCC2(C#N)CCC(C)(C(C)(CC)CC)C(CC)C12. The number of allylic oxidation sites excluding steroid dienone is 1. The maximum Gasteiger partial charge on any atom is 0.0693 e. The number of nitriles is 1. The molecule has 0 aromatic carbocycles. The fourth-order valence-corrected chi connectivity index (χ4v) is 6.18. The van der Waals surface area contributed by atoms with Gasteiger partial charge < -0.3 is 0 Å². The molecule has 2 aliphatic carbocycles. The number of rotatable bonds is 5. The fourth-order valence-electron chi connectivity index (χ4n) is 6.18. The number of hydrogen-bond acceptors (Lipinski definition) is 1. The van der Waals surface area contributed by atoms with Gasteiger partial charge in [-0.25, -0.2) is 0 Å². The second-order valence-electron chi connectivity index (χ2n) is 8.43. The lowest BCUT2D eigenvalue weighted by Gasteiger charge is -2.59. The molecule has 0 aliphatic heterocycles.